The van der Waals surface area contributed by atoms with Gasteiger partial charge < -0.3 is 25.0 Å². The van der Waals surface area contributed by atoms with E-state index in [9.17, 15) is 4.79 Å². The second-order valence-electron chi connectivity index (χ2n) is 7.94. The Hall–Kier alpha value is -3.71. The van der Waals surface area contributed by atoms with Gasteiger partial charge in [0, 0.05) is 49.8 Å². The van der Waals surface area contributed by atoms with Gasteiger partial charge in [0.1, 0.15) is 0 Å². The number of ether oxygens (including phenoxy) is 2. The number of rotatable bonds is 5. The summed E-state index contributed by atoms with van der Waals surface area (Å²) in [7, 11) is 0. The molecule has 0 saturated carbocycles. The first kappa shape index (κ1) is 20.2. The molecule has 164 valence electrons. The molecule has 0 atom stereocenters. The Balaban J connectivity index is 1.11. The average Bonchev–Trinajstić information content (AvgIpc) is 3.29. The van der Waals surface area contributed by atoms with E-state index in [1.165, 1.54) is 11.3 Å². The largest absolute Gasteiger partial charge is 0.454 e. The maximum atomic E-state index is 12.2. The molecule has 32 heavy (non-hydrogen) atoms. The Kier molecular flexibility index (Phi) is 5.81. The zero-order valence-electron chi connectivity index (χ0n) is 17.8. The van der Waals surface area contributed by atoms with Crippen molar-refractivity contribution in [2.24, 2.45) is 0 Å². The molecule has 3 aromatic rings. The van der Waals surface area contributed by atoms with Crippen LogP contribution in [0.3, 0.4) is 0 Å². The van der Waals surface area contributed by atoms with Crippen LogP contribution in [-0.2, 0) is 6.54 Å². The van der Waals surface area contributed by atoms with Gasteiger partial charge in [-0.3, -0.25) is 4.90 Å². The SMILES string of the molecule is O=C(Nc1ccccc1)Nc1ccc(N2CCN(Cc3ccc4c(c3)OCO4)CC2)cc1. The van der Waals surface area contributed by atoms with Crippen LogP contribution in [0, 0.1) is 0 Å². The van der Waals surface area contributed by atoms with E-state index < -0.39 is 0 Å². The summed E-state index contributed by atoms with van der Waals surface area (Å²) >= 11 is 0. The van der Waals surface area contributed by atoms with E-state index in [1.807, 2.05) is 48.5 Å². The van der Waals surface area contributed by atoms with Crippen molar-refractivity contribution in [1.29, 1.82) is 0 Å². The van der Waals surface area contributed by atoms with Gasteiger partial charge >= 0.3 is 6.03 Å². The lowest BCUT2D eigenvalue weighted by Gasteiger charge is -2.36. The van der Waals surface area contributed by atoms with Crippen LogP contribution >= 0.6 is 0 Å². The number of para-hydroxylation sites is 1. The molecule has 0 radical (unpaired) electrons. The van der Waals surface area contributed by atoms with E-state index >= 15 is 0 Å². The molecular formula is C25H26N4O3. The number of urea groups is 1. The highest BCUT2D eigenvalue weighted by Crippen LogP contribution is 2.33. The summed E-state index contributed by atoms with van der Waals surface area (Å²) in [5.74, 6) is 1.67. The van der Waals surface area contributed by atoms with E-state index in [-0.39, 0.29) is 6.03 Å². The second kappa shape index (κ2) is 9.20. The molecule has 0 aromatic heterocycles. The van der Waals surface area contributed by atoms with Gasteiger partial charge in [-0.25, -0.2) is 4.79 Å². The highest BCUT2D eigenvalue weighted by Gasteiger charge is 2.19. The van der Waals surface area contributed by atoms with Gasteiger partial charge in [-0.05, 0) is 54.1 Å². The molecule has 0 unspecified atom stereocenters. The average molecular weight is 431 g/mol. The fourth-order valence-electron chi connectivity index (χ4n) is 4.03. The minimum atomic E-state index is -0.249. The molecule has 2 amide bonds. The molecule has 1 saturated heterocycles. The van der Waals surface area contributed by atoms with Gasteiger partial charge in [-0.1, -0.05) is 24.3 Å². The number of hydrogen-bond donors (Lipinski definition) is 2. The van der Waals surface area contributed by atoms with E-state index in [0.717, 1.165) is 55.6 Å². The van der Waals surface area contributed by atoms with E-state index in [4.69, 9.17) is 9.47 Å². The molecule has 7 heteroatoms. The van der Waals surface area contributed by atoms with Gasteiger partial charge in [0.15, 0.2) is 11.5 Å². The Bertz CT molecular complexity index is 1060. The number of nitrogens with zero attached hydrogens (tertiary/aromatic N) is 2. The van der Waals surface area contributed by atoms with Crippen LogP contribution in [0.2, 0.25) is 0 Å². The summed E-state index contributed by atoms with van der Waals surface area (Å²) in [6.45, 7) is 5.13. The summed E-state index contributed by atoms with van der Waals surface area (Å²) < 4.78 is 10.9. The van der Waals surface area contributed by atoms with Crippen LogP contribution in [0.4, 0.5) is 21.9 Å². The smallest absolute Gasteiger partial charge is 0.323 e. The number of piperazine rings is 1. The number of amides is 2. The number of anilines is 3. The number of carbonyl (C=O) groups excluding carboxylic acids is 1. The predicted octanol–water partition coefficient (Wildman–Crippen LogP) is 4.38. The lowest BCUT2D eigenvalue weighted by molar-refractivity contribution is 0.174. The third-order valence-corrected chi connectivity index (χ3v) is 5.74. The fraction of sp³-hybridized carbons (Fsp3) is 0.240. The number of nitrogens with one attached hydrogen (secondary N) is 2. The van der Waals surface area contributed by atoms with Gasteiger partial charge in [0.2, 0.25) is 6.79 Å². The molecule has 0 spiro atoms. The normalized spacial score (nSPS) is 15.4. The Morgan fingerprint density at radius 3 is 2.22 bits per heavy atom. The minimum Gasteiger partial charge on any atom is -0.454 e. The van der Waals surface area contributed by atoms with Crippen molar-refractivity contribution in [2.75, 3.05) is 48.5 Å². The molecule has 7 nitrogen and oxygen atoms in total. The van der Waals surface area contributed by atoms with Crippen LogP contribution in [-0.4, -0.2) is 43.9 Å². The lowest BCUT2D eigenvalue weighted by atomic mass is 10.1. The Morgan fingerprint density at radius 2 is 1.47 bits per heavy atom. The second-order valence-corrected chi connectivity index (χ2v) is 7.94. The van der Waals surface area contributed by atoms with Crippen LogP contribution in [0.15, 0.2) is 72.8 Å². The Labute approximate surface area is 187 Å². The molecule has 0 aliphatic carbocycles. The first-order valence-electron chi connectivity index (χ1n) is 10.8. The van der Waals surface area contributed by atoms with Crippen LogP contribution in [0.25, 0.3) is 0 Å². The highest BCUT2D eigenvalue weighted by atomic mass is 16.7. The van der Waals surface area contributed by atoms with Crippen molar-refractivity contribution in [1.82, 2.24) is 4.90 Å². The number of carbonyl (C=O) groups is 1. The van der Waals surface area contributed by atoms with E-state index in [1.54, 1.807) is 0 Å². The number of fused-ring (bicyclic) bond motifs is 1. The zero-order chi connectivity index (χ0) is 21.8. The van der Waals surface area contributed by atoms with Crippen LogP contribution < -0.4 is 25.0 Å². The van der Waals surface area contributed by atoms with Crippen molar-refractivity contribution in [3.8, 4) is 11.5 Å². The fourth-order valence-corrected chi connectivity index (χ4v) is 4.03. The summed E-state index contributed by atoms with van der Waals surface area (Å²) in [5, 5.41) is 5.70. The first-order valence-corrected chi connectivity index (χ1v) is 10.8. The van der Waals surface area contributed by atoms with Crippen molar-refractivity contribution < 1.29 is 14.3 Å². The van der Waals surface area contributed by atoms with Crippen molar-refractivity contribution in [2.45, 2.75) is 6.54 Å². The number of benzene rings is 3. The van der Waals surface area contributed by atoms with Gasteiger partial charge in [0.05, 0.1) is 0 Å². The monoisotopic (exact) mass is 430 g/mol. The summed E-state index contributed by atoms with van der Waals surface area (Å²) in [6.07, 6.45) is 0. The molecule has 2 aliphatic heterocycles. The summed E-state index contributed by atoms with van der Waals surface area (Å²) in [4.78, 5) is 17.0. The Morgan fingerprint density at radius 1 is 0.781 bits per heavy atom. The molecule has 2 N–H and O–H groups in total. The van der Waals surface area contributed by atoms with Gasteiger partial charge in [0.25, 0.3) is 0 Å². The predicted molar refractivity (Wildman–Crippen MR) is 126 cm³/mol. The topological polar surface area (TPSA) is 66.1 Å². The summed E-state index contributed by atoms with van der Waals surface area (Å²) in [6, 6.07) is 23.3. The molecule has 5 rings (SSSR count). The standard InChI is InChI=1S/C25H26N4O3/c30-25(26-20-4-2-1-3-5-20)27-21-7-9-22(10-8-21)29-14-12-28(13-15-29)17-19-6-11-23-24(16-19)32-18-31-23/h1-11,16H,12-15,17-18H2,(H2,26,27,30). The van der Waals surface area contributed by atoms with Crippen molar-refractivity contribution >= 4 is 23.1 Å². The van der Waals surface area contributed by atoms with Crippen LogP contribution in [0.5, 0.6) is 11.5 Å². The lowest BCUT2D eigenvalue weighted by Crippen LogP contribution is -2.45. The third-order valence-electron chi connectivity index (χ3n) is 5.74. The van der Waals surface area contributed by atoms with Crippen molar-refractivity contribution in [3.05, 3.63) is 78.4 Å². The van der Waals surface area contributed by atoms with Gasteiger partial charge in [-0.15, -0.1) is 0 Å². The van der Waals surface area contributed by atoms with Crippen LogP contribution in [0.1, 0.15) is 5.56 Å². The summed E-state index contributed by atoms with van der Waals surface area (Å²) in [5.41, 5.74) is 3.94. The number of hydrogen-bond acceptors (Lipinski definition) is 5. The molecular weight excluding hydrogens is 404 g/mol. The third kappa shape index (κ3) is 4.78. The quantitative estimate of drug-likeness (QED) is 0.629. The maximum absolute atomic E-state index is 12.2. The molecule has 2 aliphatic rings. The van der Waals surface area contributed by atoms with E-state index in [0.29, 0.717) is 6.79 Å². The highest BCUT2D eigenvalue weighted by molar-refractivity contribution is 5.99. The maximum Gasteiger partial charge on any atom is 0.323 e. The van der Waals surface area contributed by atoms with E-state index in [2.05, 4.69) is 44.7 Å². The van der Waals surface area contributed by atoms with Crippen molar-refractivity contribution in [3.63, 3.8) is 0 Å². The molecule has 1 fully saturated rings. The first-order chi connectivity index (χ1) is 15.7. The molecule has 0 bridgehead atoms. The van der Waals surface area contributed by atoms with Gasteiger partial charge in [-0.2, -0.15) is 0 Å². The zero-order valence-corrected chi connectivity index (χ0v) is 17.8. The minimum absolute atomic E-state index is 0.249. The molecule has 2 heterocycles. The molecule has 3 aromatic carbocycles.